The lowest BCUT2D eigenvalue weighted by Gasteiger charge is -2.09. The largest absolute Gasteiger partial charge is 0.412 e. The monoisotopic (exact) mass is 316 g/mol. The summed E-state index contributed by atoms with van der Waals surface area (Å²) in [6.45, 7) is 8.38. The van der Waals surface area contributed by atoms with E-state index in [2.05, 4.69) is 6.58 Å². The van der Waals surface area contributed by atoms with Gasteiger partial charge in [0.15, 0.2) is 0 Å². The molecule has 0 amide bonds. The number of alkyl halides is 3. The Morgan fingerprint density at radius 1 is 1.27 bits per heavy atom. The number of aldehydes is 1. The van der Waals surface area contributed by atoms with Crippen molar-refractivity contribution in [3.63, 3.8) is 0 Å². The van der Waals surface area contributed by atoms with Crippen LogP contribution in [0, 0.1) is 19.7 Å². The number of aryl methyl sites for hydroxylation is 2. The highest BCUT2D eigenvalue weighted by molar-refractivity contribution is 5.55. The fraction of sp³-hybridized carbons (Fsp3) is 0.353. The summed E-state index contributed by atoms with van der Waals surface area (Å²) >= 11 is 0. The number of rotatable bonds is 4. The first-order valence-corrected chi connectivity index (χ1v) is 6.73. The molecule has 0 N–H and O–H groups in total. The van der Waals surface area contributed by atoms with Gasteiger partial charge < -0.3 is 4.79 Å². The van der Waals surface area contributed by atoms with Crippen LogP contribution in [0.1, 0.15) is 30.9 Å². The molecule has 0 atom stereocenters. The number of hydrogen-bond donors (Lipinski definition) is 0. The fourth-order valence-corrected chi connectivity index (χ4v) is 1.49. The molecule has 0 fully saturated rings. The molecule has 0 aliphatic rings. The quantitative estimate of drug-likeness (QED) is 0.409. The van der Waals surface area contributed by atoms with E-state index in [-0.39, 0.29) is 24.2 Å². The Balaban J connectivity index is 0.000000425. The molecule has 0 spiro atoms. The predicted octanol–water partition coefficient (Wildman–Crippen LogP) is 5.47. The maximum Gasteiger partial charge on any atom is 0.412 e. The molecule has 5 heteroatoms. The van der Waals surface area contributed by atoms with E-state index in [9.17, 15) is 22.4 Å². The Hall–Kier alpha value is -1.91. The fourth-order valence-electron chi connectivity index (χ4n) is 1.49. The predicted molar refractivity (Wildman–Crippen MR) is 80.1 cm³/mol. The normalized spacial score (nSPS) is 11.5. The molecular weight excluding hydrogens is 296 g/mol. The second-order valence-corrected chi connectivity index (χ2v) is 4.80. The van der Waals surface area contributed by atoms with Crippen molar-refractivity contribution in [2.24, 2.45) is 0 Å². The zero-order valence-electron chi connectivity index (χ0n) is 12.9. The van der Waals surface area contributed by atoms with Gasteiger partial charge in [-0.15, -0.1) is 0 Å². The van der Waals surface area contributed by atoms with Crippen LogP contribution >= 0.6 is 0 Å². The molecule has 122 valence electrons. The van der Waals surface area contributed by atoms with Crippen molar-refractivity contribution in [3.05, 3.63) is 58.9 Å². The van der Waals surface area contributed by atoms with Crippen molar-refractivity contribution in [3.8, 4) is 0 Å². The van der Waals surface area contributed by atoms with E-state index in [1.165, 1.54) is 13.0 Å². The Labute approximate surface area is 128 Å². The smallest absolute Gasteiger partial charge is 0.303 e. The first-order chi connectivity index (χ1) is 10.1. The molecule has 1 nitrogen and oxygen atoms in total. The minimum atomic E-state index is -4.32. The van der Waals surface area contributed by atoms with Gasteiger partial charge in [0.1, 0.15) is 12.1 Å². The van der Waals surface area contributed by atoms with E-state index in [1.54, 1.807) is 13.0 Å². The maximum atomic E-state index is 12.6. The Morgan fingerprint density at radius 2 is 1.86 bits per heavy atom. The molecule has 1 rings (SSSR count). The van der Waals surface area contributed by atoms with E-state index in [0.29, 0.717) is 11.8 Å². The summed E-state index contributed by atoms with van der Waals surface area (Å²) < 4.78 is 48.9. The lowest BCUT2D eigenvalue weighted by atomic mass is 10.1. The van der Waals surface area contributed by atoms with E-state index in [0.717, 1.165) is 11.6 Å². The van der Waals surface area contributed by atoms with Crippen LogP contribution in [0.3, 0.4) is 0 Å². The van der Waals surface area contributed by atoms with Crippen molar-refractivity contribution < 1.29 is 22.4 Å². The highest BCUT2D eigenvalue weighted by Gasteiger charge is 2.31. The average molecular weight is 316 g/mol. The molecule has 0 unspecified atom stereocenters. The summed E-state index contributed by atoms with van der Waals surface area (Å²) in [5.74, 6) is -0.116. The Kier molecular flexibility index (Phi) is 8.38. The van der Waals surface area contributed by atoms with Crippen LogP contribution in [0.15, 0.2) is 42.0 Å². The van der Waals surface area contributed by atoms with Gasteiger partial charge in [0.25, 0.3) is 0 Å². The highest BCUT2D eigenvalue weighted by Crippen LogP contribution is 2.28. The zero-order valence-corrected chi connectivity index (χ0v) is 12.9. The van der Waals surface area contributed by atoms with Crippen molar-refractivity contribution in [1.29, 1.82) is 0 Å². The molecular formula is C17H20F4O. The number of carbonyl (C=O) groups is 1. The molecule has 0 aliphatic heterocycles. The minimum Gasteiger partial charge on any atom is -0.303 e. The SMILES string of the molecule is C=C(/C=C(\CC)C(F)(F)F)CC=O.Cc1ccc(C)c(F)c1. The van der Waals surface area contributed by atoms with Crippen LogP contribution in [0.2, 0.25) is 0 Å². The van der Waals surface area contributed by atoms with Crippen LogP contribution in [0.4, 0.5) is 17.6 Å². The van der Waals surface area contributed by atoms with Crippen molar-refractivity contribution in [2.45, 2.75) is 39.8 Å². The second kappa shape index (κ2) is 9.18. The van der Waals surface area contributed by atoms with Gasteiger partial charge >= 0.3 is 6.18 Å². The molecule has 1 aromatic rings. The third kappa shape index (κ3) is 7.76. The third-order valence-corrected chi connectivity index (χ3v) is 2.80. The number of carbonyl (C=O) groups excluding carboxylic acids is 1. The van der Waals surface area contributed by atoms with Crippen LogP contribution < -0.4 is 0 Å². The molecule has 22 heavy (non-hydrogen) atoms. The molecule has 0 aromatic heterocycles. The lowest BCUT2D eigenvalue weighted by Crippen LogP contribution is -2.11. The van der Waals surface area contributed by atoms with Gasteiger partial charge in [-0.2, -0.15) is 13.2 Å². The van der Waals surface area contributed by atoms with Crippen molar-refractivity contribution in [2.75, 3.05) is 0 Å². The molecule has 1 aromatic carbocycles. The topological polar surface area (TPSA) is 17.1 Å². The van der Waals surface area contributed by atoms with Crippen LogP contribution in [-0.4, -0.2) is 12.5 Å². The van der Waals surface area contributed by atoms with Gasteiger partial charge in [-0.1, -0.05) is 31.7 Å². The summed E-state index contributed by atoms with van der Waals surface area (Å²) in [7, 11) is 0. The van der Waals surface area contributed by atoms with E-state index in [1.807, 2.05) is 13.0 Å². The number of halogens is 4. The molecule has 0 bridgehead atoms. The van der Waals surface area contributed by atoms with Gasteiger partial charge in [-0.05, 0) is 43.0 Å². The standard InChI is InChI=1S/C9H11F3O.C8H9F/c1-3-8(9(10,11)12)6-7(2)4-5-13;1-6-3-4-7(2)8(9)5-6/h5-6H,2-4H2,1H3;3-5H,1-2H3/b8-6+;. The van der Waals surface area contributed by atoms with E-state index in [4.69, 9.17) is 0 Å². The first-order valence-electron chi connectivity index (χ1n) is 6.73. The van der Waals surface area contributed by atoms with Crippen LogP contribution in [0.25, 0.3) is 0 Å². The number of hydrogen-bond acceptors (Lipinski definition) is 1. The van der Waals surface area contributed by atoms with E-state index >= 15 is 0 Å². The summed E-state index contributed by atoms with van der Waals surface area (Å²) in [4.78, 5) is 9.96. The average Bonchev–Trinajstić information content (AvgIpc) is 2.40. The molecule has 0 heterocycles. The lowest BCUT2D eigenvalue weighted by molar-refractivity contribution is -0.107. The number of allylic oxidation sites excluding steroid dienone is 3. The van der Waals surface area contributed by atoms with Gasteiger partial charge in [0.05, 0.1) is 0 Å². The Bertz CT molecular complexity index is 542. The zero-order chi connectivity index (χ0) is 17.3. The first kappa shape index (κ1) is 20.1. The van der Waals surface area contributed by atoms with Crippen LogP contribution in [0.5, 0.6) is 0 Å². The van der Waals surface area contributed by atoms with E-state index < -0.39 is 11.7 Å². The van der Waals surface area contributed by atoms with Gasteiger partial charge in [0, 0.05) is 12.0 Å². The second-order valence-electron chi connectivity index (χ2n) is 4.80. The summed E-state index contributed by atoms with van der Waals surface area (Å²) in [6, 6.07) is 5.22. The highest BCUT2D eigenvalue weighted by atomic mass is 19.4. The molecule has 0 saturated carbocycles. The molecule has 0 radical (unpaired) electrons. The number of benzene rings is 1. The molecule has 0 saturated heterocycles. The summed E-state index contributed by atoms with van der Waals surface area (Å²) in [6.07, 6.45) is -3.03. The van der Waals surface area contributed by atoms with Gasteiger partial charge in [-0.3, -0.25) is 0 Å². The minimum absolute atomic E-state index is 0.0560. The van der Waals surface area contributed by atoms with Gasteiger partial charge in [-0.25, -0.2) is 4.39 Å². The van der Waals surface area contributed by atoms with Gasteiger partial charge in [0.2, 0.25) is 0 Å². The Morgan fingerprint density at radius 3 is 2.23 bits per heavy atom. The van der Waals surface area contributed by atoms with Crippen molar-refractivity contribution >= 4 is 6.29 Å². The van der Waals surface area contributed by atoms with Crippen molar-refractivity contribution in [1.82, 2.24) is 0 Å². The molecule has 0 aliphatic carbocycles. The maximum absolute atomic E-state index is 12.6. The third-order valence-electron chi connectivity index (χ3n) is 2.80. The van der Waals surface area contributed by atoms with Crippen LogP contribution in [-0.2, 0) is 4.79 Å². The summed E-state index contributed by atoms with van der Waals surface area (Å²) in [5, 5.41) is 0. The summed E-state index contributed by atoms with van der Waals surface area (Å²) in [5.41, 5.74) is 1.21.